The SMILES string of the molecule is CC1=NNC(=O)[C@H]1CCC(=O)N1CCC(c2ccc(Cc3cccc(Cl)c3)cn2)CC1. The molecule has 0 radical (unpaired) electrons. The number of aromatic nitrogens is 1. The first-order valence-corrected chi connectivity index (χ1v) is 11.2. The summed E-state index contributed by atoms with van der Waals surface area (Å²) < 4.78 is 0. The first-order valence-electron chi connectivity index (χ1n) is 10.8. The van der Waals surface area contributed by atoms with Crippen molar-refractivity contribution in [3.63, 3.8) is 0 Å². The molecule has 162 valence electrons. The number of carbonyl (C=O) groups excluding carboxylic acids is 2. The van der Waals surface area contributed by atoms with Gasteiger partial charge in [-0.3, -0.25) is 14.6 Å². The Morgan fingerprint density at radius 3 is 2.65 bits per heavy atom. The summed E-state index contributed by atoms with van der Waals surface area (Å²) >= 11 is 6.07. The Morgan fingerprint density at radius 2 is 2.00 bits per heavy atom. The number of piperidine rings is 1. The van der Waals surface area contributed by atoms with Gasteiger partial charge >= 0.3 is 0 Å². The Morgan fingerprint density at radius 1 is 1.19 bits per heavy atom. The first kappa shape index (κ1) is 21.5. The molecule has 1 atom stereocenters. The van der Waals surface area contributed by atoms with E-state index in [0.717, 1.165) is 54.3 Å². The fourth-order valence-electron chi connectivity index (χ4n) is 4.34. The molecule has 1 aromatic heterocycles. The minimum atomic E-state index is -0.267. The number of likely N-dealkylation sites (tertiary alicyclic amines) is 1. The molecular formula is C24H27ClN4O2. The third-order valence-electron chi connectivity index (χ3n) is 6.22. The number of benzene rings is 1. The van der Waals surface area contributed by atoms with Crippen LogP contribution in [-0.2, 0) is 16.0 Å². The van der Waals surface area contributed by atoms with Gasteiger partial charge in [0.15, 0.2) is 0 Å². The van der Waals surface area contributed by atoms with Crippen molar-refractivity contribution in [1.29, 1.82) is 0 Å². The molecule has 0 saturated carbocycles. The van der Waals surface area contributed by atoms with Crippen molar-refractivity contribution in [2.45, 2.75) is 44.9 Å². The average molecular weight is 439 g/mol. The Bertz CT molecular complexity index is 981. The molecule has 3 heterocycles. The second-order valence-corrected chi connectivity index (χ2v) is 8.81. The van der Waals surface area contributed by atoms with Gasteiger partial charge in [-0.2, -0.15) is 5.10 Å². The summed E-state index contributed by atoms with van der Waals surface area (Å²) in [5.74, 6) is 0.125. The molecule has 0 bridgehead atoms. The Balaban J connectivity index is 1.26. The number of hydrogen-bond donors (Lipinski definition) is 1. The van der Waals surface area contributed by atoms with Crippen LogP contribution >= 0.6 is 11.6 Å². The van der Waals surface area contributed by atoms with Crippen molar-refractivity contribution in [3.05, 3.63) is 64.4 Å². The summed E-state index contributed by atoms with van der Waals surface area (Å²) in [5, 5.41) is 4.69. The van der Waals surface area contributed by atoms with Crippen molar-refractivity contribution in [3.8, 4) is 0 Å². The predicted molar refractivity (Wildman–Crippen MR) is 121 cm³/mol. The molecular weight excluding hydrogens is 412 g/mol. The molecule has 0 aliphatic carbocycles. The Labute approximate surface area is 187 Å². The second kappa shape index (κ2) is 9.60. The maximum atomic E-state index is 12.6. The molecule has 2 amide bonds. The molecule has 0 spiro atoms. The molecule has 1 N–H and O–H groups in total. The highest BCUT2D eigenvalue weighted by molar-refractivity contribution is 6.30. The zero-order valence-corrected chi connectivity index (χ0v) is 18.4. The number of nitrogens with zero attached hydrogens (tertiary/aromatic N) is 3. The molecule has 31 heavy (non-hydrogen) atoms. The van der Waals surface area contributed by atoms with Gasteiger partial charge in [-0.25, -0.2) is 5.43 Å². The molecule has 2 aromatic rings. The molecule has 2 aliphatic rings. The van der Waals surface area contributed by atoms with Crippen LogP contribution in [0.25, 0.3) is 0 Å². The lowest BCUT2D eigenvalue weighted by atomic mass is 9.92. The third kappa shape index (κ3) is 5.31. The number of hydrazone groups is 1. The number of hydrogen-bond acceptors (Lipinski definition) is 4. The minimum Gasteiger partial charge on any atom is -0.343 e. The van der Waals surface area contributed by atoms with Gasteiger partial charge in [0.05, 0.1) is 5.92 Å². The highest BCUT2D eigenvalue weighted by Crippen LogP contribution is 2.28. The lowest BCUT2D eigenvalue weighted by molar-refractivity contribution is -0.132. The fourth-order valence-corrected chi connectivity index (χ4v) is 4.56. The van der Waals surface area contributed by atoms with Gasteiger partial charge in [-0.1, -0.05) is 29.8 Å². The molecule has 0 unspecified atom stereocenters. The number of amides is 2. The Hall–Kier alpha value is -2.73. The zero-order valence-electron chi connectivity index (χ0n) is 17.7. The van der Waals surface area contributed by atoms with E-state index in [0.29, 0.717) is 18.8 Å². The van der Waals surface area contributed by atoms with E-state index in [1.54, 1.807) is 0 Å². The average Bonchev–Trinajstić information content (AvgIpc) is 3.10. The van der Waals surface area contributed by atoms with Crippen LogP contribution in [0.4, 0.5) is 0 Å². The van der Waals surface area contributed by atoms with Crippen molar-refractivity contribution < 1.29 is 9.59 Å². The molecule has 1 fully saturated rings. The van der Waals surface area contributed by atoms with Gasteiger partial charge in [0.25, 0.3) is 0 Å². The fraction of sp³-hybridized carbons (Fsp3) is 0.417. The van der Waals surface area contributed by atoms with E-state index >= 15 is 0 Å². The quantitative estimate of drug-likeness (QED) is 0.742. The number of nitrogens with one attached hydrogen (secondary N) is 1. The standard InChI is InChI=1S/C24H27ClN4O2/c1-16-21(24(31)28-27-16)6-8-23(30)29-11-9-19(10-12-29)22-7-5-18(15-26-22)13-17-3-2-4-20(25)14-17/h2-5,7,14-15,19,21H,6,8-13H2,1H3,(H,28,31)/t21-/m0/s1. The van der Waals surface area contributed by atoms with Gasteiger partial charge < -0.3 is 4.90 Å². The van der Waals surface area contributed by atoms with E-state index < -0.39 is 0 Å². The van der Waals surface area contributed by atoms with E-state index in [1.807, 2.05) is 36.2 Å². The summed E-state index contributed by atoms with van der Waals surface area (Å²) in [5.41, 5.74) is 6.67. The van der Waals surface area contributed by atoms with Gasteiger partial charge in [-0.15, -0.1) is 0 Å². The number of rotatable bonds is 6. The molecule has 2 aliphatic heterocycles. The molecule has 7 heteroatoms. The summed E-state index contributed by atoms with van der Waals surface area (Å²) in [6.07, 6.45) is 5.49. The summed E-state index contributed by atoms with van der Waals surface area (Å²) in [6.45, 7) is 3.30. The highest BCUT2D eigenvalue weighted by atomic mass is 35.5. The molecule has 4 rings (SSSR count). The van der Waals surface area contributed by atoms with E-state index in [4.69, 9.17) is 16.6 Å². The highest BCUT2D eigenvalue weighted by Gasteiger charge is 2.29. The maximum absolute atomic E-state index is 12.6. The third-order valence-corrected chi connectivity index (χ3v) is 6.46. The van der Waals surface area contributed by atoms with Crippen LogP contribution in [0.1, 0.15) is 55.3 Å². The molecule has 1 aromatic carbocycles. The Kier molecular flexibility index (Phi) is 6.66. The van der Waals surface area contributed by atoms with E-state index in [1.165, 1.54) is 5.56 Å². The topological polar surface area (TPSA) is 74.7 Å². The van der Waals surface area contributed by atoms with Crippen LogP contribution in [0, 0.1) is 5.92 Å². The maximum Gasteiger partial charge on any atom is 0.248 e. The number of carbonyl (C=O) groups is 2. The van der Waals surface area contributed by atoms with Crippen LogP contribution < -0.4 is 5.43 Å². The van der Waals surface area contributed by atoms with Crippen LogP contribution in [0.5, 0.6) is 0 Å². The minimum absolute atomic E-state index is 0.103. The van der Waals surface area contributed by atoms with Crippen molar-refractivity contribution >= 4 is 29.1 Å². The first-order chi connectivity index (χ1) is 15.0. The van der Waals surface area contributed by atoms with Crippen molar-refractivity contribution in [1.82, 2.24) is 15.3 Å². The van der Waals surface area contributed by atoms with E-state index in [-0.39, 0.29) is 17.7 Å². The van der Waals surface area contributed by atoms with Crippen LogP contribution in [0.15, 0.2) is 47.7 Å². The smallest absolute Gasteiger partial charge is 0.248 e. The lowest BCUT2D eigenvalue weighted by Gasteiger charge is -2.32. The normalized spacial score (nSPS) is 19.3. The summed E-state index contributed by atoms with van der Waals surface area (Å²) in [6, 6.07) is 12.1. The van der Waals surface area contributed by atoms with Crippen LogP contribution in [-0.4, -0.2) is 40.5 Å². The van der Waals surface area contributed by atoms with Gasteiger partial charge in [0.1, 0.15) is 0 Å². The number of halogens is 1. The molecule has 6 nitrogen and oxygen atoms in total. The number of pyridine rings is 1. The predicted octanol–water partition coefficient (Wildman–Crippen LogP) is 3.93. The molecule has 1 saturated heterocycles. The lowest BCUT2D eigenvalue weighted by Crippen LogP contribution is -2.38. The summed E-state index contributed by atoms with van der Waals surface area (Å²) in [7, 11) is 0. The van der Waals surface area contributed by atoms with Crippen molar-refractivity contribution in [2.24, 2.45) is 11.0 Å². The van der Waals surface area contributed by atoms with Crippen LogP contribution in [0.2, 0.25) is 5.02 Å². The van der Waals surface area contributed by atoms with Gasteiger partial charge in [0.2, 0.25) is 11.8 Å². The second-order valence-electron chi connectivity index (χ2n) is 8.37. The monoisotopic (exact) mass is 438 g/mol. The van der Waals surface area contributed by atoms with Gasteiger partial charge in [-0.05, 0) is 61.9 Å². The van der Waals surface area contributed by atoms with Crippen molar-refractivity contribution in [2.75, 3.05) is 13.1 Å². The summed E-state index contributed by atoms with van der Waals surface area (Å²) in [4.78, 5) is 31.0. The van der Waals surface area contributed by atoms with Gasteiger partial charge in [0, 0.05) is 48.1 Å². The zero-order chi connectivity index (χ0) is 21.8. The van der Waals surface area contributed by atoms with E-state index in [2.05, 4.69) is 28.7 Å². The van der Waals surface area contributed by atoms with Crippen LogP contribution in [0.3, 0.4) is 0 Å². The largest absolute Gasteiger partial charge is 0.343 e. The van der Waals surface area contributed by atoms with E-state index in [9.17, 15) is 9.59 Å².